The van der Waals surface area contributed by atoms with Gasteiger partial charge in [0.05, 0.1) is 0 Å². The molecular formula is C9H17NO2. The van der Waals surface area contributed by atoms with Crippen molar-refractivity contribution in [1.82, 2.24) is 5.32 Å². The molecule has 0 aromatic carbocycles. The van der Waals surface area contributed by atoms with Crippen LogP contribution in [0.3, 0.4) is 0 Å². The molecule has 0 amide bonds. The third kappa shape index (κ3) is 2.48. The van der Waals surface area contributed by atoms with Gasteiger partial charge >= 0.3 is 0 Å². The van der Waals surface area contributed by atoms with Crippen molar-refractivity contribution >= 4 is 6.47 Å². The minimum Gasteiger partial charge on any atom is -0.464 e. The zero-order chi connectivity index (χ0) is 8.81. The minimum absolute atomic E-state index is 0.143. The maximum atomic E-state index is 10.2. The van der Waals surface area contributed by atoms with Crippen LogP contribution in [0.4, 0.5) is 0 Å². The number of piperidine rings is 1. The van der Waals surface area contributed by atoms with Gasteiger partial charge in [-0.1, -0.05) is 6.92 Å². The number of ether oxygens (including phenoxy) is 1. The molecule has 0 aromatic rings. The second kappa shape index (κ2) is 5.14. The van der Waals surface area contributed by atoms with Crippen molar-refractivity contribution in [1.29, 1.82) is 0 Å². The number of hydrogen-bond acceptors (Lipinski definition) is 3. The molecule has 0 bridgehead atoms. The summed E-state index contributed by atoms with van der Waals surface area (Å²) < 4.78 is 5.02. The number of carbonyl (C=O) groups excluding carboxylic acids is 1. The Bertz CT molecular complexity index is 132. The van der Waals surface area contributed by atoms with Crippen molar-refractivity contribution in [3.8, 4) is 0 Å². The predicted octanol–water partition coefficient (Wildman–Crippen LogP) is 0.938. The summed E-state index contributed by atoms with van der Waals surface area (Å²) >= 11 is 0. The van der Waals surface area contributed by atoms with Crippen LogP contribution >= 0.6 is 0 Å². The van der Waals surface area contributed by atoms with Gasteiger partial charge < -0.3 is 10.1 Å². The van der Waals surface area contributed by atoms with E-state index < -0.39 is 0 Å². The molecule has 1 N–H and O–H groups in total. The van der Waals surface area contributed by atoms with Gasteiger partial charge in [0, 0.05) is 0 Å². The molecule has 0 saturated carbocycles. The van der Waals surface area contributed by atoms with Crippen LogP contribution in [0.5, 0.6) is 0 Å². The molecular weight excluding hydrogens is 154 g/mol. The van der Waals surface area contributed by atoms with Crippen LogP contribution in [0, 0.1) is 5.92 Å². The van der Waals surface area contributed by atoms with E-state index in [4.69, 9.17) is 4.74 Å². The van der Waals surface area contributed by atoms with Gasteiger partial charge in [-0.3, -0.25) is 4.79 Å². The van der Waals surface area contributed by atoms with E-state index in [9.17, 15) is 4.79 Å². The average molecular weight is 171 g/mol. The molecule has 0 spiro atoms. The summed E-state index contributed by atoms with van der Waals surface area (Å²) in [5.74, 6) is 0.571. The minimum atomic E-state index is 0.143. The van der Waals surface area contributed by atoms with Gasteiger partial charge in [-0.05, 0) is 38.3 Å². The van der Waals surface area contributed by atoms with E-state index in [1.54, 1.807) is 0 Å². The third-order valence-corrected chi connectivity index (χ3v) is 2.54. The molecule has 70 valence electrons. The van der Waals surface area contributed by atoms with Gasteiger partial charge in [-0.25, -0.2) is 0 Å². The smallest absolute Gasteiger partial charge is 0.293 e. The first-order valence-corrected chi connectivity index (χ1v) is 4.68. The van der Waals surface area contributed by atoms with E-state index in [-0.39, 0.29) is 6.10 Å². The van der Waals surface area contributed by atoms with Gasteiger partial charge in [0.15, 0.2) is 0 Å². The fraction of sp³-hybridized carbons (Fsp3) is 0.889. The Morgan fingerprint density at radius 1 is 1.58 bits per heavy atom. The third-order valence-electron chi connectivity index (χ3n) is 2.54. The Labute approximate surface area is 73.5 Å². The largest absolute Gasteiger partial charge is 0.464 e. The molecule has 0 aliphatic carbocycles. The standard InChI is InChI=1S/C9H17NO2/c1-2-9(12-7-11)8-3-5-10-6-4-8/h7-10H,2-6H2,1H3. The van der Waals surface area contributed by atoms with Crippen molar-refractivity contribution < 1.29 is 9.53 Å². The highest BCUT2D eigenvalue weighted by Gasteiger charge is 2.22. The van der Waals surface area contributed by atoms with Crippen LogP contribution in [0.2, 0.25) is 0 Å². The lowest BCUT2D eigenvalue weighted by Gasteiger charge is -2.28. The molecule has 0 radical (unpaired) electrons. The number of rotatable bonds is 4. The van der Waals surface area contributed by atoms with Crippen molar-refractivity contribution in [3.63, 3.8) is 0 Å². The van der Waals surface area contributed by atoms with Crippen LogP contribution in [0.1, 0.15) is 26.2 Å². The molecule has 0 aromatic heterocycles. The summed E-state index contributed by atoms with van der Waals surface area (Å²) in [6.07, 6.45) is 3.34. The van der Waals surface area contributed by atoms with Crippen LogP contribution in [-0.4, -0.2) is 25.7 Å². The summed E-state index contributed by atoms with van der Waals surface area (Å²) in [5, 5.41) is 3.29. The van der Waals surface area contributed by atoms with Gasteiger partial charge in [0.25, 0.3) is 6.47 Å². The Hall–Kier alpha value is -0.570. The number of hydrogen-bond donors (Lipinski definition) is 1. The molecule has 3 heteroatoms. The van der Waals surface area contributed by atoms with E-state index in [0.717, 1.165) is 32.4 Å². The van der Waals surface area contributed by atoms with E-state index in [1.165, 1.54) is 0 Å². The first kappa shape index (κ1) is 9.52. The fourth-order valence-electron chi connectivity index (χ4n) is 1.83. The maximum absolute atomic E-state index is 10.2. The average Bonchev–Trinajstić information content (AvgIpc) is 2.15. The molecule has 1 aliphatic heterocycles. The summed E-state index contributed by atoms with van der Waals surface area (Å²) in [5.41, 5.74) is 0. The van der Waals surface area contributed by atoms with Crippen molar-refractivity contribution in [2.45, 2.75) is 32.3 Å². The Morgan fingerprint density at radius 2 is 2.25 bits per heavy atom. The first-order valence-electron chi connectivity index (χ1n) is 4.68. The van der Waals surface area contributed by atoms with E-state index in [1.807, 2.05) is 0 Å². The Morgan fingerprint density at radius 3 is 2.75 bits per heavy atom. The highest BCUT2D eigenvalue weighted by atomic mass is 16.5. The molecule has 1 rings (SSSR count). The molecule has 1 fully saturated rings. The van der Waals surface area contributed by atoms with Crippen LogP contribution in [-0.2, 0) is 9.53 Å². The Balaban J connectivity index is 2.34. The topological polar surface area (TPSA) is 38.3 Å². The lowest BCUT2D eigenvalue weighted by atomic mass is 9.91. The molecule has 3 nitrogen and oxygen atoms in total. The van der Waals surface area contributed by atoms with Crippen molar-refractivity contribution in [2.75, 3.05) is 13.1 Å². The summed E-state index contributed by atoms with van der Waals surface area (Å²) in [4.78, 5) is 10.2. The van der Waals surface area contributed by atoms with Crippen LogP contribution in [0.25, 0.3) is 0 Å². The summed E-state index contributed by atoms with van der Waals surface area (Å²) in [6.45, 7) is 4.76. The molecule has 1 aliphatic rings. The lowest BCUT2D eigenvalue weighted by Crippen LogP contribution is -2.34. The predicted molar refractivity (Wildman–Crippen MR) is 46.8 cm³/mol. The van der Waals surface area contributed by atoms with Crippen LogP contribution in [0.15, 0.2) is 0 Å². The molecule has 1 heterocycles. The molecule has 1 unspecified atom stereocenters. The highest BCUT2D eigenvalue weighted by Crippen LogP contribution is 2.20. The summed E-state index contributed by atoms with van der Waals surface area (Å²) in [7, 11) is 0. The van der Waals surface area contributed by atoms with Crippen LogP contribution < -0.4 is 5.32 Å². The molecule has 1 atom stereocenters. The maximum Gasteiger partial charge on any atom is 0.293 e. The number of carbonyl (C=O) groups is 1. The monoisotopic (exact) mass is 171 g/mol. The van der Waals surface area contributed by atoms with E-state index in [0.29, 0.717) is 12.4 Å². The Kier molecular flexibility index (Phi) is 4.08. The lowest BCUT2D eigenvalue weighted by molar-refractivity contribution is -0.136. The fourth-order valence-corrected chi connectivity index (χ4v) is 1.83. The van der Waals surface area contributed by atoms with Crippen molar-refractivity contribution in [2.24, 2.45) is 5.92 Å². The van der Waals surface area contributed by atoms with Gasteiger partial charge in [-0.15, -0.1) is 0 Å². The second-order valence-electron chi connectivity index (χ2n) is 3.27. The van der Waals surface area contributed by atoms with E-state index >= 15 is 0 Å². The van der Waals surface area contributed by atoms with E-state index in [2.05, 4.69) is 12.2 Å². The molecule has 1 saturated heterocycles. The zero-order valence-electron chi connectivity index (χ0n) is 7.58. The quantitative estimate of drug-likeness (QED) is 0.640. The van der Waals surface area contributed by atoms with Gasteiger partial charge in [0.1, 0.15) is 6.10 Å². The first-order chi connectivity index (χ1) is 5.88. The van der Waals surface area contributed by atoms with Crippen molar-refractivity contribution in [3.05, 3.63) is 0 Å². The van der Waals surface area contributed by atoms with Gasteiger partial charge in [-0.2, -0.15) is 0 Å². The SMILES string of the molecule is CCC(OC=O)C1CCNCC1. The highest BCUT2D eigenvalue weighted by molar-refractivity contribution is 5.37. The zero-order valence-corrected chi connectivity index (χ0v) is 7.58. The summed E-state index contributed by atoms with van der Waals surface area (Å²) in [6, 6.07) is 0. The normalized spacial score (nSPS) is 21.8. The van der Waals surface area contributed by atoms with Gasteiger partial charge in [0.2, 0.25) is 0 Å². The second-order valence-corrected chi connectivity index (χ2v) is 3.27. The molecule has 12 heavy (non-hydrogen) atoms. The number of nitrogens with one attached hydrogen (secondary N) is 1.